The van der Waals surface area contributed by atoms with Crippen LogP contribution < -0.4 is 5.56 Å². The molecule has 0 saturated carbocycles. The molecule has 0 fully saturated rings. The summed E-state index contributed by atoms with van der Waals surface area (Å²) in [7, 11) is 0. The Bertz CT molecular complexity index is 1290. The number of pyridine rings is 1. The zero-order chi connectivity index (χ0) is 21.8. The zero-order valence-corrected chi connectivity index (χ0v) is 17.7. The van der Waals surface area contributed by atoms with Gasteiger partial charge in [0.1, 0.15) is 11.6 Å². The molecule has 2 aromatic heterocycles. The van der Waals surface area contributed by atoms with Crippen LogP contribution in [0.3, 0.4) is 0 Å². The van der Waals surface area contributed by atoms with Crippen molar-refractivity contribution in [2.24, 2.45) is 0 Å². The first-order chi connectivity index (χ1) is 15.1. The molecule has 31 heavy (non-hydrogen) atoms. The highest BCUT2D eigenvalue weighted by atomic mass is 19.1. The van der Waals surface area contributed by atoms with Crippen molar-refractivity contribution in [3.05, 3.63) is 82.9 Å². The smallest absolute Gasteiger partial charge is 0.262 e. The highest BCUT2D eigenvalue weighted by molar-refractivity contribution is 5.82. The Hall–Kier alpha value is -3.41. The Morgan fingerprint density at radius 1 is 1.06 bits per heavy atom. The first-order valence-corrected chi connectivity index (χ1v) is 10.6. The van der Waals surface area contributed by atoms with Crippen LogP contribution in [-0.4, -0.2) is 27.4 Å². The van der Waals surface area contributed by atoms with Gasteiger partial charge in [0.2, 0.25) is 0 Å². The first-order valence-electron chi connectivity index (χ1n) is 10.6. The standard InChI is InChI=1S/C25H26FN3O2/c1-3-31-18(2)20-16-19-10-4-6-12-22(19)29(25(20)30)17-24-27-21-11-5-7-13-23(21)28(24)15-9-8-14-26/h4-7,10-13,16H,2-3,8-9,14-15,17H2,1H3. The van der Waals surface area contributed by atoms with Gasteiger partial charge in [0.25, 0.3) is 5.56 Å². The quantitative estimate of drug-likeness (QED) is 0.278. The number of alkyl halides is 1. The second-order valence-corrected chi connectivity index (χ2v) is 7.43. The molecule has 0 bridgehead atoms. The molecular formula is C25H26FN3O2. The third-order valence-corrected chi connectivity index (χ3v) is 5.42. The summed E-state index contributed by atoms with van der Waals surface area (Å²) in [5, 5.41) is 0.929. The van der Waals surface area contributed by atoms with E-state index in [4.69, 9.17) is 9.72 Å². The number of aromatic nitrogens is 3. The van der Waals surface area contributed by atoms with E-state index in [0.29, 0.717) is 43.9 Å². The summed E-state index contributed by atoms with van der Waals surface area (Å²) in [6, 6.07) is 17.5. The van der Waals surface area contributed by atoms with E-state index in [1.807, 2.05) is 61.5 Å². The molecular weight excluding hydrogens is 393 g/mol. The second kappa shape index (κ2) is 9.16. The molecule has 6 heteroatoms. The lowest BCUT2D eigenvalue weighted by molar-refractivity contribution is 0.298. The van der Waals surface area contributed by atoms with Gasteiger partial charge in [0.05, 0.1) is 41.9 Å². The molecule has 0 saturated heterocycles. The van der Waals surface area contributed by atoms with Gasteiger partial charge >= 0.3 is 0 Å². The largest absolute Gasteiger partial charge is 0.494 e. The van der Waals surface area contributed by atoms with Gasteiger partial charge in [-0.15, -0.1) is 0 Å². The maximum absolute atomic E-state index is 13.4. The summed E-state index contributed by atoms with van der Waals surface area (Å²) in [5.74, 6) is 1.13. The number of aryl methyl sites for hydroxylation is 1. The van der Waals surface area contributed by atoms with Crippen LogP contribution in [0.1, 0.15) is 31.2 Å². The molecule has 0 aliphatic heterocycles. The van der Waals surface area contributed by atoms with Crippen LogP contribution in [0.2, 0.25) is 0 Å². The normalized spacial score (nSPS) is 11.3. The average molecular weight is 420 g/mol. The number of imidazole rings is 1. The van der Waals surface area contributed by atoms with Crippen LogP contribution in [0.15, 0.2) is 66.0 Å². The summed E-state index contributed by atoms with van der Waals surface area (Å²) >= 11 is 0. The predicted octanol–water partition coefficient (Wildman–Crippen LogP) is 5.16. The summed E-state index contributed by atoms with van der Waals surface area (Å²) < 4.78 is 22.1. The molecule has 0 spiro atoms. The van der Waals surface area contributed by atoms with Gasteiger partial charge in [-0.25, -0.2) is 4.98 Å². The molecule has 0 aliphatic rings. The SMILES string of the molecule is C=C(OCC)c1cc2ccccc2n(Cc2nc3ccccc3n2CCCCF)c1=O. The Kier molecular flexibility index (Phi) is 6.16. The number of benzene rings is 2. The predicted molar refractivity (Wildman–Crippen MR) is 123 cm³/mol. The Morgan fingerprint density at radius 3 is 2.58 bits per heavy atom. The number of fused-ring (bicyclic) bond motifs is 2. The second-order valence-electron chi connectivity index (χ2n) is 7.43. The van der Waals surface area contributed by atoms with Gasteiger partial charge in [0.15, 0.2) is 0 Å². The van der Waals surface area contributed by atoms with Crippen molar-refractivity contribution in [2.75, 3.05) is 13.3 Å². The monoisotopic (exact) mass is 419 g/mol. The molecule has 4 aromatic rings. The fraction of sp³-hybridized carbons (Fsp3) is 0.280. The number of para-hydroxylation sites is 3. The Morgan fingerprint density at radius 2 is 1.81 bits per heavy atom. The lowest BCUT2D eigenvalue weighted by Gasteiger charge is -2.15. The summed E-state index contributed by atoms with van der Waals surface area (Å²) in [5.41, 5.74) is 2.96. The van der Waals surface area contributed by atoms with Gasteiger partial charge in [-0.1, -0.05) is 36.9 Å². The maximum atomic E-state index is 13.4. The van der Waals surface area contributed by atoms with E-state index in [2.05, 4.69) is 11.1 Å². The molecule has 2 aromatic carbocycles. The molecule has 5 nitrogen and oxygen atoms in total. The summed E-state index contributed by atoms with van der Waals surface area (Å²) in [4.78, 5) is 18.2. The minimum absolute atomic E-state index is 0.167. The number of hydrogen-bond acceptors (Lipinski definition) is 3. The molecule has 0 atom stereocenters. The van der Waals surface area contributed by atoms with Crippen molar-refractivity contribution in [1.29, 1.82) is 0 Å². The van der Waals surface area contributed by atoms with Gasteiger partial charge in [-0.2, -0.15) is 0 Å². The fourth-order valence-corrected chi connectivity index (χ4v) is 3.94. The Balaban J connectivity index is 1.86. The number of rotatable bonds is 9. The molecule has 0 unspecified atom stereocenters. The van der Waals surface area contributed by atoms with Crippen LogP contribution in [0.25, 0.3) is 27.7 Å². The van der Waals surface area contributed by atoms with Crippen LogP contribution in [0.4, 0.5) is 4.39 Å². The van der Waals surface area contributed by atoms with Crippen LogP contribution in [0.5, 0.6) is 0 Å². The van der Waals surface area contributed by atoms with E-state index in [9.17, 15) is 9.18 Å². The summed E-state index contributed by atoms with van der Waals surface area (Å²) in [6.07, 6.45) is 1.21. The molecule has 4 rings (SSSR count). The van der Waals surface area contributed by atoms with Crippen LogP contribution >= 0.6 is 0 Å². The van der Waals surface area contributed by atoms with Crippen molar-refractivity contribution in [2.45, 2.75) is 32.9 Å². The third kappa shape index (κ3) is 4.10. The van der Waals surface area contributed by atoms with E-state index in [-0.39, 0.29) is 12.2 Å². The number of halogens is 1. The highest BCUT2D eigenvalue weighted by Gasteiger charge is 2.16. The van der Waals surface area contributed by atoms with E-state index in [1.54, 1.807) is 4.57 Å². The average Bonchev–Trinajstić information content (AvgIpc) is 3.13. The van der Waals surface area contributed by atoms with Crippen molar-refractivity contribution in [3.63, 3.8) is 0 Å². The van der Waals surface area contributed by atoms with Crippen molar-refractivity contribution < 1.29 is 9.13 Å². The van der Waals surface area contributed by atoms with E-state index in [1.165, 1.54) is 0 Å². The van der Waals surface area contributed by atoms with Crippen molar-refractivity contribution in [3.8, 4) is 0 Å². The highest BCUT2D eigenvalue weighted by Crippen LogP contribution is 2.21. The molecule has 2 heterocycles. The number of nitrogens with zero attached hydrogens (tertiary/aromatic N) is 3. The fourth-order valence-electron chi connectivity index (χ4n) is 3.94. The van der Waals surface area contributed by atoms with Crippen LogP contribution in [0, 0.1) is 0 Å². The topological polar surface area (TPSA) is 49.0 Å². The van der Waals surface area contributed by atoms with Crippen LogP contribution in [-0.2, 0) is 17.8 Å². The lowest BCUT2D eigenvalue weighted by atomic mass is 10.1. The number of unbranched alkanes of at least 4 members (excludes halogenated alkanes) is 1. The van der Waals surface area contributed by atoms with Gasteiger partial charge < -0.3 is 13.9 Å². The van der Waals surface area contributed by atoms with E-state index in [0.717, 1.165) is 27.8 Å². The lowest BCUT2D eigenvalue weighted by Crippen LogP contribution is -2.26. The Labute approximate surface area is 180 Å². The molecule has 160 valence electrons. The molecule has 0 amide bonds. The zero-order valence-electron chi connectivity index (χ0n) is 17.7. The number of hydrogen-bond donors (Lipinski definition) is 0. The molecule has 0 aliphatic carbocycles. The van der Waals surface area contributed by atoms with E-state index < -0.39 is 0 Å². The maximum Gasteiger partial charge on any atom is 0.262 e. The van der Waals surface area contributed by atoms with Crippen molar-refractivity contribution >= 4 is 27.7 Å². The molecule has 0 N–H and O–H groups in total. The minimum Gasteiger partial charge on any atom is -0.494 e. The van der Waals surface area contributed by atoms with E-state index >= 15 is 0 Å². The third-order valence-electron chi connectivity index (χ3n) is 5.42. The minimum atomic E-state index is -0.340. The van der Waals surface area contributed by atoms with Gasteiger partial charge in [-0.3, -0.25) is 9.18 Å². The van der Waals surface area contributed by atoms with Gasteiger partial charge in [0, 0.05) is 6.54 Å². The van der Waals surface area contributed by atoms with Gasteiger partial charge in [-0.05, 0) is 49.4 Å². The van der Waals surface area contributed by atoms with Crippen molar-refractivity contribution in [1.82, 2.24) is 14.1 Å². The summed E-state index contributed by atoms with van der Waals surface area (Å²) in [6.45, 7) is 6.86. The number of ether oxygens (including phenoxy) is 1. The molecule has 0 radical (unpaired) electrons. The first kappa shape index (κ1) is 20.8.